The summed E-state index contributed by atoms with van der Waals surface area (Å²) in [5.74, 6) is -1.81. The molecule has 1 saturated heterocycles. The van der Waals surface area contributed by atoms with Crippen LogP contribution < -0.4 is 9.80 Å². The van der Waals surface area contributed by atoms with Crippen LogP contribution in [0, 0.1) is 27.7 Å². The molecule has 8 heteroatoms. The van der Waals surface area contributed by atoms with Gasteiger partial charge in [0.1, 0.15) is 5.57 Å². The molecule has 0 spiro atoms. The Morgan fingerprint density at radius 3 is 1.95 bits per heavy atom. The number of urea groups is 1. The summed E-state index contributed by atoms with van der Waals surface area (Å²) >= 11 is 0. The zero-order chi connectivity index (χ0) is 29.4. The molecule has 0 bridgehead atoms. The number of anilines is 2. The van der Waals surface area contributed by atoms with Gasteiger partial charge in [-0.2, -0.15) is 0 Å². The highest BCUT2D eigenvalue weighted by Gasteiger charge is 2.43. The summed E-state index contributed by atoms with van der Waals surface area (Å²) in [5.41, 5.74) is 6.03. The second kappa shape index (κ2) is 10.7. The van der Waals surface area contributed by atoms with Crippen molar-refractivity contribution in [1.29, 1.82) is 0 Å². The van der Waals surface area contributed by atoms with E-state index >= 15 is 0 Å². The molecule has 2 heterocycles. The number of carbonyl (C=O) groups excluding carboxylic acids is 4. The zero-order valence-corrected chi connectivity index (χ0v) is 23.5. The van der Waals surface area contributed by atoms with E-state index in [2.05, 4.69) is 0 Å². The van der Waals surface area contributed by atoms with Gasteiger partial charge in [-0.05, 0) is 93.4 Å². The maximum Gasteiger partial charge on any atom is 0.343 e. The van der Waals surface area contributed by atoms with Crippen LogP contribution in [0.25, 0.3) is 11.8 Å². The maximum atomic E-state index is 13.8. The van der Waals surface area contributed by atoms with Crippen LogP contribution in [0.5, 0.6) is 0 Å². The van der Waals surface area contributed by atoms with Gasteiger partial charge in [0.2, 0.25) is 0 Å². The number of aromatic nitrogens is 1. The fraction of sp³-hybridized carbons (Fsp3) is 0.152. The molecule has 0 radical (unpaired) electrons. The van der Waals surface area contributed by atoms with Gasteiger partial charge in [-0.25, -0.2) is 19.4 Å². The lowest BCUT2D eigenvalue weighted by atomic mass is 10.0. The molecule has 41 heavy (non-hydrogen) atoms. The molecule has 0 aliphatic carbocycles. The Labute approximate surface area is 238 Å². The number of methoxy groups -OCH3 is 1. The van der Waals surface area contributed by atoms with Crippen molar-refractivity contribution in [1.82, 2.24) is 4.57 Å². The van der Waals surface area contributed by atoms with Crippen molar-refractivity contribution in [3.05, 3.63) is 118 Å². The molecule has 4 amide bonds. The highest BCUT2D eigenvalue weighted by atomic mass is 16.5. The Hall–Kier alpha value is -5.24. The van der Waals surface area contributed by atoms with Crippen LogP contribution >= 0.6 is 0 Å². The first-order valence-corrected chi connectivity index (χ1v) is 13.1. The average Bonchev–Trinajstić information content (AvgIpc) is 3.24. The van der Waals surface area contributed by atoms with E-state index in [0.29, 0.717) is 22.5 Å². The summed E-state index contributed by atoms with van der Waals surface area (Å²) < 4.78 is 6.84. The van der Waals surface area contributed by atoms with E-state index in [4.69, 9.17) is 4.74 Å². The first kappa shape index (κ1) is 27.3. The normalized spacial score (nSPS) is 14.7. The molecular weight excluding hydrogens is 518 g/mol. The third kappa shape index (κ3) is 4.84. The van der Waals surface area contributed by atoms with Crippen LogP contribution in [0.2, 0.25) is 0 Å². The fourth-order valence-corrected chi connectivity index (χ4v) is 5.07. The number of rotatable bonds is 5. The lowest BCUT2D eigenvalue weighted by molar-refractivity contribution is -0.121. The second-order valence-corrected chi connectivity index (χ2v) is 9.95. The Balaban J connectivity index is 1.63. The molecule has 0 saturated carbocycles. The Morgan fingerprint density at radius 1 is 0.756 bits per heavy atom. The van der Waals surface area contributed by atoms with Crippen LogP contribution in [0.15, 0.2) is 84.4 Å². The predicted octanol–water partition coefficient (Wildman–Crippen LogP) is 6.08. The van der Waals surface area contributed by atoms with Crippen LogP contribution in [-0.4, -0.2) is 35.5 Å². The van der Waals surface area contributed by atoms with E-state index in [1.807, 2.05) is 56.5 Å². The van der Waals surface area contributed by atoms with Gasteiger partial charge in [-0.1, -0.05) is 35.9 Å². The number of amides is 4. The summed E-state index contributed by atoms with van der Waals surface area (Å²) in [4.78, 5) is 55.3. The van der Waals surface area contributed by atoms with Gasteiger partial charge in [-0.3, -0.25) is 9.59 Å². The number of aryl methyl sites for hydroxylation is 3. The number of barbiturate groups is 1. The molecule has 8 nitrogen and oxygen atoms in total. The first-order chi connectivity index (χ1) is 19.6. The number of hydrogen-bond donors (Lipinski definition) is 0. The monoisotopic (exact) mass is 547 g/mol. The molecule has 1 fully saturated rings. The van der Waals surface area contributed by atoms with E-state index in [0.717, 1.165) is 38.0 Å². The predicted molar refractivity (Wildman–Crippen MR) is 157 cm³/mol. The van der Waals surface area contributed by atoms with Crippen LogP contribution in [0.3, 0.4) is 0 Å². The second-order valence-electron chi connectivity index (χ2n) is 9.95. The van der Waals surface area contributed by atoms with Gasteiger partial charge in [-0.15, -0.1) is 0 Å². The largest absolute Gasteiger partial charge is 0.465 e. The van der Waals surface area contributed by atoms with Crippen molar-refractivity contribution in [3.8, 4) is 5.69 Å². The molecule has 206 valence electrons. The van der Waals surface area contributed by atoms with Crippen molar-refractivity contribution in [2.24, 2.45) is 0 Å². The first-order valence-electron chi connectivity index (χ1n) is 13.1. The van der Waals surface area contributed by atoms with Crippen LogP contribution in [0.4, 0.5) is 16.2 Å². The van der Waals surface area contributed by atoms with E-state index in [1.54, 1.807) is 60.7 Å². The zero-order valence-electron chi connectivity index (χ0n) is 23.5. The van der Waals surface area contributed by atoms with Crippen molar-refractivity contribution in [2.45, 2.75) is 27.7 Å². The Bertz CT molecular complexity index is 1730. The number of para-hydroxylation sites is 1. The van der Waals surface area contributed by atoms with Gasteiger partial charge in [0, 0.05) is 17.1 Å². The Morgan fingerprint density at radius 2 is 1.37 bits per heavy atom. The minimum Gasteiger partial charge on any atom is -0.465 e. The van der Waals surface area contributed by atoms with E-state index in [-0.39, 0.29) is 5.57 Å². The standard InChI is InChI=1S/C33H29N3O5/c1-20-11-14-27(15-12-20)36-31(38)28(30(37)35(33(36)40)26-9-7-6-8-10-26)19-25-18-22(3)34(23(25)4)29-16-13-24(17-21(29)2)32(39)41-5/h6-19H,1-5H3/b28-19+. The molecule has 1 aliphatic heterocycles. The molecule has 4 aromatic rings. The summed E-state index contributed by atoms with van der Waals surface area (Å²) in [6, 6.07) is 22.0. The molecule has 0 unspecified atom stereocenters. The van der Waals surface area contributed by atoms with Crippen molar-refractivity contribution in [2.75, 3.05) is 16.9 Å². The van der Waals surface area contributed by atoms with Crippen molar-refractivity contribution < 1.29 is 23.9 Å². The van der Waals surface area contributed by atoms with Crippen LogP contribution in [-0.2, 0) is 14.3 Å². The Kier molecular flexibility index (Phi) is 7.15. The molecule has 1 aromatic heterocycles. The van der Waals surface area contributed by atoms with Gasteiger partial charge < -0.3 is 9.30 Å². The topological polar surface area (TPSA) is 88.9 Å². The number of ether oxygens (including phenoxy) is 1. The number of imide groups is 2. The SMILES string of the molecule is COC(=O)c1ccc(-n2c(C)cc(/C=C3\C(=O)N(c4ccccc4)C(=O)N(c4ccc(C)cc4)C3=O)c2C)c(C)c1. The lowest BCUT2D eigenvalue weighted by Crippen LogP contribution is -2.57. The molecular formula is C33H29N3O5. The summed E-state index contributed by atoms with van der Waals surface area (Å²) in [6.45, 7) is 7.62. The molecule has 3 aromatic carbocycles. The fourth-order valence-electron chi connectivity index (χ4n) is 5.07. The smallest absolute Gasteiger partial charge is 0.343 e. The molecule has 1 aliphatic rings. The van der Waals surface area contributed by atoms with Crippen molar-refractivity contribution >= 4 is 41.3 Å². The third-order valence-corrected chi connectivity index (χ3v) is 7.19. The number of benzene rings is 3. The minimum absolute atomic E-state index is 0.132. The highest BCUT2D eigenvalue weighted by molar-refractivity contribution is 6.46. The summed E-state index contributed by atoms with van der Waals surface area (Å²) in [7, 11) is 1.34. The van der Waals surface area contributed by atoms with E-state index < -0.39 is 23.8 Å². The number of hydrogen-bond acceptors (Lipinski definition) is 5. The van der Waals surface area contributed by atoms with Crippen LogP contribution in [0.1, 0.15) is 38.4 Å². The minimum atomic E-state index is -0.737. The summed E-state index contributed by atoms with van der Waals surface area (Å²) in [5, 5.41) is 0. The maximum absolute atomic E-state index is 13.8. The third-order valence-electron chi connectivity index (χ3n) is 7.19. The molecule has 0 N–H and O–H groups in total. The number of nitrogens with zero attached hydrogens (tertiary/aromatic N) is 3. The number of esters is 1. The van der Waals surface area contributed by atoms with Gasteiger partial charge >= 0.3 is 12.0 Å². The number of carbonyl (C=O) groups is 4. The highest BCUT2D eigenvalue weighted by Crippen LogP contribution is 2.32. The van der Waals surface area contributed by atoms with Crippen molar-refractivity contribution in [3.63, 3.8) is 0 Å². The van der Waals surface area contributed by atoms with Gasteiger partial charge in [0.05, 0.1) is 24.0 Å². The van der Waals surface area contributed by atoms with E-state index in [9.17, 15) is 19.2 Å². The van der Waals surface area contributed by atoms with Gasteiger partial charge in [0.25, 0.3) is 11.8 Å². The average molecular weight is 548 g/mol. The molecule has 5 rings (SSSR count). The quantitative estimate of drug-likeness (QED) is 0.172. The van der Waals surface area contributed by atoms with Gasteiger partial charge in [0.15, 0.2) is 0 Å². The van der Waals surface area contributed by atoms with E-state index in [1.165, 1.54) is 7.11 Å². The summed E-state index contributed by atoms with van der Waals surface area (Å²) in [6.07, 6.45) is 1.55. The lowest BCUT2D eigenvalue weighted by Gasteiger charge is -2.34. The molecule has 0 atom stereocenters.